The molecule has 0 bridgehead atoms. The normalized spacial score (nSPS) is 10.8. The molecule has 0 spiro atoms. The molecule has 2 rings (SSSR count). The number of carbonyl (C=O) groups is 1. The summed E-state index contributed by atoms with van der Waals surface area (Å²) in [6, 6.07) is 8.91. The molecule has 0 aliphatic carbocycles. The Bertz CT molecular complexity index is 614. The minimum atomic E-state index is 0.0263. The van der Waals surface area contributed by atoms with Gasteiger partial charge in [0.25, 0.3) is 0 Å². The third-order valence-electron chi connectivity index (χ3n) is 3.44. The van der Waals surface area contributed by atoms with Crippen molar-refractivity contribution in [1.29, 1.82) is 0 Å². The molecule has 2 aromatic rings. The first-order valence-corrected chi connectivity index (χ1v) is 6.88. The predicted molar refractivity (Wildman–Crippen MR) is 80.7 cm³/mol. The van der Waals surface area contributed by atoms with Gasteiger partial charge in [0.2, 0.25) is 0 Å². The van der Waals surface area contributed by atoms with Gasteiger partial charge in [0.1, 0.15) is 0 Å². The molecule has 0 amide bonds. The minimum Gasteiger partial charge on any atom is -0.383 e. The number of ketones is 1. The van der Waals surface area contributed by atoms with Crippen molar-refractivity contribution in [3.05, 3.63) is 57.9 Å². The molecule has 106 valence electrons. The van der Waals surface area contributed by atoms with Crippen molar-refractivity contribution in [2.75, 3.05) is 13.7 Å². The van der Waals surface area contributed by atoms with Crippen molar-refractivity contribution in [1.82, 2.24) is 4.57 Å². The molecule has 1 aromatic carbocycles. The van der Waals surface area contributed by atoms with Gasteiger partial charge in [-0.2, -0.15) is 0 Å². The lowest BCUT2D eigenvalue weighted by molar-refractivity contribution is 0.103. The van der Waals surface area contributed by atoms with Gasteiger partial charge in [-0.05, 0) is 44.2 Å². The number of benzene rings is 1. The SMILES string of the molecule is COCCn1c(C)cc(C(=O)c2ccc(Cl)cc2)c1C. The summed E-state index contributed by atoms with van der Waals surface area (Å²) in [6.45, 7) is 5.35. The molecular weight excluding hydrogens is 274 g/mol. The van der Waals surface area contributed by atoms with Crippen LogP contribution in [0.25, 0.3) is 0 Å². The van der Waals surface area contributed by atoms with Gasteiger partial charge in [0, 0.05) is 41.2 Å². The summed E-state index contributed by atoms with van der Waals surface area (Å²) >= 11 is 5.85. The third kappa shape index (κ3) is 2.94. The van der Waals surface area contributed by atoms with Gasteiger partial charge in [-0.25, -0.2) is 0 Å². The number of methoxy groups -OCH3 is 1. The van der Waals surface area contributed by atoms with Crippen LogP contribution in [0, 0.1) is 13.8 Å². The van der Waals surface area contributed by atoms with E-state index in [0.717, 1.165) is 23.5 Å². The van der Waals surface area contributed by atoms with Gasteiger partial charge in [-0.15, -0.1) is 0 Å². The Balaban J connectivity index is 2.33. The van der Waals surface area contributed by atoms with Crippen LogP contribution in [0.4, 0.5) is 0 Å². The fraction of sp³-hybridized carbons (Fsp3) is 0.312. The number of halogens is 1. The quantitative estimate of drug-likeness (QED) is 0.788. The van der Waals surface area contributed by atoms with Crippen molar-refractivity contribution < 1.29 is 9.53 Å². The van der Waals surface area contributed by atoms with E-state index in [1.807, 2.05) is 19.9 Å². The largest absolute Gasteiger partial charge is 0.383 e. The lowest BCUT2D eigenvalue weighted by Crippen LogP contribution is -2.09. The number of aryl methyl sites for hydroxylation is 1. The summed E-state index contributed by atoms with van der Waals surface area (Å²) in [5.41, 5.74) is 3.43. The first-order chi connectivity index (χ1) is 9.54. The van der Waals surface area contributed by atoms with Crippen LogP contribution in [0.1, 0.15) is 27.3 Å². The summed E-state index contributed by atoms with van der Waals surface area (Å²) in [6.07, 6.45) is 0. The van der Waals surface area contributed by atoms with Crippen molar-refractivity contribution in [3.8, 4) is 0 Å². The average molecular weight is 292 g/mol. The Kier molecular flexibility index (Phi) is 4.63. The molecule has 0 N–H and O–H groups in total. The van der Waals surface area contributed by atoms with Crippen LogP contribution in [0.5, 0.6) is 0 Å². The zero-order chi connectivity index (χ0) is 14.7. The van der Waals surface area contributed by atoms with E-state index >= 15 is 0 Å². The number of ether oxygens (including phenoxy) is 1. The topological polar surface area (TPSA) is 31.2 Å². The molecule has 0 saturated heterocycles. The predicted octanol–water partition coefficient (Wildman–Crippen LogP) is 3.64. The number of nitrogens with zero attached hydrogens (tertiary/aromatic N) is 1. The second-order valence-corrected chi connectivity index (χ2v) is 5.20. The van der Waals surface area contributed by atoms with E-state index < -0.39 is 0 Å². The second-order valence-electron chi connectivity index (χ2n) is 4.77. The van der Waals surface area contributed by atoms with Crippen LogP contribution in [0.2, 0.25) is 5.02 Å². The Hall–Kier alpha value is -1.58. The van der Waals surface area contributed by atoms with Crippen molar-refractivity contribution in [2.45, 2.75) is 20.4 Å². The van der Waals surface area contributed by atoms with E-state index in [4.69, 9.17) is 16.3 Å². The summed E-state index contributed by atoms with van der Waals surface area (Å²) in [5, 5.41) is 0.632. The summed E-state index contributed by atoms with van der Waals surface area (Å²) < 4.78 is 7.21. The number of aromatic nitrogens is 1. The van der Waals surface area contributed by atoms with Gasteiger partial charge in [0.15, 0.2) is 5.78 Å². The maximum absolute atomic E-state index is 12.5. The van der Waals surface area contributed by atoms with Gasteiger partial charge >= 0.3 is 0 Å². The molecule has 1 heterocycles. The van der Waals surface area contributed by atoms with Crippen molar-refractivity contribution >= 4 is 17.4 Å². The Morgan fingerprint density at radius 1 is 1.25 bits per heavy atom. The van der Waals surface area contributed by atoms with Gasteiger partial charge in [0.05, 0.1) is 6.61 Å². The summed E-state index contributed by atoms with van der Waals surface area (Å²) in [5.74, 6) is 0.0263. The van der Waals surface area contributed by atoms with Crippen LogP contribution in [0.3, 0.4) is 0 Å². The molecule has 4 heteroatoms. The Morgan fingerprint density at radius 3 is 2.50 bits per heavy atom. The molecule has 0 radical (unpaired) electrons. The van der Waals surface area contributed by atoms with E-state index in [0.29, 0.717) is 17.2 Å². The third-order valence-corrected chi connectivity index (χ3v) is 3.70. The Morgan fingerprint density at radius 2 is 1.90 bits per heavy atom. The van der Waals surface area contributed by atoms with Crippen LogP contribution in [-0.4, -0.2) is 24.1 Å². The highest BCUT2D eigenvalue weighted by Crippen LogP contribution is 2.20. The van der Waals surface area contributed by atoms with E-state index in [1.54, 1.807) is 31.4 Å². The van der Waals surface area contributed by atoms with Crippen LogP contribution < -0.4 is 0 Å². The van der Waals surface area contributed by atoms with E-state index in [2.05, 4.69) is 4.57 Å². The standard InChI is InChI=1S/C16H18ClNO2/c1-11-10-15(12(2)18(11)8-9-20-3)16(19)13-4-6-14(17)7-5-13/h4-7,10H,8-9H2,1-3H3. The summed E-state index contributed by atoms with van der Waals surface area (Å²) in [7, 11) is 1.67. The first kappa shape index (κ1) is 14.8. The lowest BCUT2D eigenvalue weighted by Gasteiger charge is -2.08. The second kappa shape index (κ2) is 6.25. The maximum Gasteiger partial charge on any atom is 0.194 e. The lowest BCUT2D eigenvalue weighted by atomic mass is 10.0. The number of rotatable bonds is 5. The minimum absolute atomic E-state index is 0.0263. The maximum atomic E-state index is 12.5. The van der Waals surface area contributed by atoms with Crippen LogP contribution >= 0.6 is 11.6 Å². The zero-order valence-electron chi connectivity index (χ0n) is 11.9. The fourth-order valence-corrected chi connectivity index (χ4v) is 2.44. The van der Waals surface area contributed by atoms with Crippen LogP contribution in [-0.2, 0) is 11.3 Å². The smallest absolute Gasteiger partial charge is 0.194 e. The van der Waals surface area contributed by atoms with E-state index in [-0.39, 0.29) is 5.78 Å². The molecular formula is C16H18ClNO2. The van der Waals surface area contributed by atoms with Crippen LogP contribution in [0.15, 0.2) is 30.3 Å². The monoisotopic (exact) mass is 291 g/mol. The number of hydrogen-bond donors (Lipinski definition) is 0. The molecule has 20 heavy (non-hydrogen) atoms. The first-order valence-electron chi connectivity index (χ1n) is 6.50. The molecule has 0 aliphatic heterocycles. The fourth-order valence-electron chi connectivity index (χ4n) is 2.31. The number of hydrogen-bond acceptors (Lipinski definition) is 2. The average Bonchev–Trinajstić information content (AvgIpc) is 2.72. The highest BCUT2D eigenvalue weighted by Gasteiger charge is 2.16. The summed E-state index contributed by atoms with van der Waals surface area (Å²) in [4.78, 5) is 12.5. The van der Waals surface area contributed by atoms with Crippen molar-refractivity contribution in [2.24, 2.45) is 0 Å². The molecule has 0 aliphatic rings. The van der Waals surface area contributed by atoms with E-state index in [1.165, 1.54) is 0 Å². The molecule has 0 saturated carbocycles. The van der Waals surface area contributed by atoms with Gasteiger partial charge in [-0.3, -0.25) is 4.79 Å². The van der Waals surface area contributed by atoms with E-state index in [9.17, 15) is 4.79 Å². The molecule has 3 nitrogen and oxygen atoms in total. The number of carbonyl (C=O) groups excluding carboxylic acids is 1. The van der Waals surface area contributed by atoms with Gasteiger partial charge < -0.3 is 9.30 Å². The molecule has 0 fully saturated rings. The highest BCUT2D eigenvalue weighted by atomic mass is 35.5. The Labute approximate surface area is 124 Å². The van der Waals surface area contributed by atoms with Gasteiger partial charge in [-0.1, -0.05) is 11.6 Å². The molecule has 0 unspecified atom stereocenters. The highest BCUT2D eigenvalue weighted by molar-refractivity contribution is 6.30. The zero-order valence-corrected chi connectivity index (χ0v) is 12.7. The molecule has 0 atom stereocenters. The molecule has 1 aromatic heterocycles. The van der Waals surface area contributed by atoms with Crippen molar-refractivity contribution in [3.63, 3.8) is 0 Å².